The molecular formula is C18H24N4O2. The van der Waals surface area contributed by atoms with E-state index in [-0.39, 0.29) is 0 Å². The van der Waals surface area contributed by atoms with Gasteiger partial charge in [-0.25, -0.2) is 9.78 Å². The number of nitrogens with one attached hydrogen (secondary N) is 1. The Kier molecular flexibility index (Phi) is 6.54. The smallest absolute Gasteiger partial charge is 0.339 e. The summed E-state index contributed by atoms with van der Waals surface area (Å²) in [6.45, 7) is 6.19. The Labute approximate surface area is 142 Å². The topological polar surface area (TPSA) is 67.4 Å². The maximum absolute atomic E-state index is 11.9. The first-order chi connectivity index (χ1) is 11.7. The molecule has 6 heteroatoms. The van der Waals surface area contributed by atoms with E-state index in [4.69, 9.17) is 4.74 Å². The van der Waals surface area contributed by atoms with E-state index in [1.165, 1.54) is 7.11 Å². The Hall–Kier alpha value is -2.63. The molecule has 0 aliphatic carbocycles. The first-order valence-electron chi connectivity index (χ1n) is 8.22. The third kappa shape index (κ3) is 4.44. The summed E-state index contributed by atoms with van der Waals surface area (Å²) in [5.41, 5.74) is 1.08. The number of esters is 1. The molecule has 0 fully saturated rings. The number of methoxy groups -OCH3 is 1. The average Bonchev–Trinajstić information content (AvgIpc) is 2.61. The van der Waals surface area contributed by atoms with Crippen LogP contribution in [0.4, 0.5) is 17.5 Å². The molecule has 128 valence electrons. The Morgan fingerprint density at radius 2 is 1.88 bits per heavy atom. The Bertz CT molecular complexity index is 670. The van der Waals surface area contributed by atoms with Crippen LogP contribution in [-0.2, 0) is 4.74 Å². The fourth-order valence-corrected chi connectivity index (χ4v) is 2.47. The highest BCUT2D eigenvalue weighted by Crippen LogP contribution is 2.21. The standard InChI is InChI=1S/C18H24N4O2/c1-4-12-22(13-5-2)16-10-11-19-18(21-16)20-15-9-7-6-8-14(15)17(23)24-3/h6-11H,4-5,12-13H2,1-3H3,(H,19,20,21). The molecule has 6 nitrogen and oxygen atoms in total. The number of hydrogen-bond donors (Lipinski definition) is 1. The maximum atomic E-state index is 11.9. The Morgan fingerprint density at radius 1 is 1.17 bits per heavy atom. The highest BCUT2D eigenvalue weighted by atomic mass is 16.5. The summed E-state index contributed by atoms with van der Waals surface area (Å²) in [6, 6.07) is 9.05. The van der Waals surface area contributed by atoms with Crippen molar-refractivity contribution in [2.24, 2.45) is 0 Å². The number of benzene rings is 1. The molecule has 1 aromatic carbocycles. The Balaban J connectivity index is 2.25. The fourth-order valence-electron chi connectivity index (χ4n) is 2.47. The quantitative estimate of drug-likeness (QED) is 0.746. The summed E-state index contributed by atoms with van der Waals surface area (Å²) in [5, 5.41) is 3.12. The molecule has 0 radical (unpaired) electrons. The number of carbonyl (C=O) groups is 1. The van der Waals surface area contributed by atoms with Crippen LogP contribution in [0.15, 0.2) is 36.5 Å². The first-order valence-corrected chi connectivity index (χ1v) is 8.22. The van der Waals surface area contributed by atoms with Gasteiger partial charge in [0.05, 0.1) is 18.4 Å². The van der Waals surface area contributed by atoms with Crippen molar-refractivity contribution in [1.29, 1.82) is 0 Å². The Morgan fingerprint density at radius 3 is 2.54 bits per heavy atom. The third-order valence-corrected chi connectivity index (χ3v) is 3.53. The van der Waals surface area contributed by atoms with Crippen LogP contribution in [0.1, 0.15) is 37.0 Å². The minimum absolute atomic E-state index is 0.396. The van der Waals surface area contributed by atoms with E-state index in [9.17, 15) is 4.79 Å². The van der Waals surface area contributed by atoms with Crippen LogP contribution in [0.5, 0.6) is 0 Å². The van der Waals surface area contributed by atoms with Crippen molar-refractivity contribution in [3.05, 3.63) is 42.1 Å². The van der Waals surface area contributed by atoms with Gasteiger partial charge in [-0.15, -0.1) is 0 Å². The van der Waals surface area contributed by atoms with Gasteiger partial charge in [-0.1, -0.05) is 26.0 Å². The number of nitrogens with zero attached hydrogens (tertiary/aromatic N) is 3. The fraction of sp³-hybridized carbons (Fsp3) is 0.389. The van der Waals surface area contributed by atoms with Crippen molar-refractivity contribution in [1.82, 2.24) is 9.97 Å². The normalized spacial score (nSPS) is 10.3. The molecule has 0 saturated carbocycles. The highest BCUT2D eigenvalue weighted by molar-refractivity contribution is 5.96. The molecule has 0 unspecified atom stereocenters. The van der Waals surface area contributed by atoms with Gasteiger partial charge in [-0.05, 0) is 31.0 Å². The van der Waals surface area contributed by atoms with Crippen molar-refractivity contribution < 1.29 is 9.53 Å². The highest BCUT2D eigenvalue weighted by Gasteiger charge is 2.13. The lowest BCUT2D eigenvalue weighted by Gasteiger charge is -2.22. The summed E-state index contributed by atoms with van der Waals surface area (Å²) >= 11 is 0. The lowest BCUT2D eigenvalue weighted by atomic mass is 10.2. The summed E-state index contributed by atoms with van der Waals surface area (Å²) in [7, 11) is 1.36. The van der Waals surface area contributed by atoms with Crippen molar-refractivity contribution in [2.45, 2.75) is 26.7 Å². The van der Waals surface area contributed by atoms with Gasteiger partial charge >= 0.3 is 5.97 Å². The van der Waals surface area contributed by atoms with Crippen LogP contribution in [0.25, 0.3) is 0 Å². The number of rotatable bonds is 8. The molecule has 1 aromatic heterocycles. The molecule has 0 spiro atoms. The summed E-state index contributed by atoms with van der Waals surface area (Å²) in [5.74, 6) is 0.945. The number of hydrogen-bond acceptors (Lipinski definition) is 6. The molecule has 1 heterocycles. The molecule has 24 heavy (non-hydrogen) atoms. The third-order valence-electron chi connectivity index (χ3n) is 3.53. The molecular weight excluding hydrogens is 304 g/mol. The molecule has 1 N–H and O–H groups in total. The van der Waals surface area contributed by atoms with Gasteiger partial charge in [-0.2, -0.15) is 4.98 Å². The maximum Gasteiger partial charge on any atom is 0.339 e. The van der Waals surface area contributed by atoms with Crippen molar-refractivity contribution >= 4 is 23.4 Å². The summed E-state index contributed by atoms with van der Waals surface area (Å²) in [4.78, 5) is 22.9. The van der Waals surface area contributed by atoms with Crippen LogP contribution >= 0.6 is 0 Å². The lowest BCUT2D eigenvalue weighted by Crippen LogP contribution is -2.26. The zero-order chi connectivity index (χ0) is 17.4. The van der Waals surface area contributed by atoms with Crippen molar-refractivity contribution in [3.8, 4) is 0 Å². The van der Waals surface area contributed by atoms with Crippen molar-refractivity contribution in [3.63, 3.8) is 0 Å². The van der Waals surface area contributed by atoms with E-state index in [0.29, 0.717) is 17.2 Å². The average molecular weight is 328 g/mol. The van der Waals surface area contributed by atoms with Gasteiger partial charge in [0.2, 0.25) is 5.95 Å². The van der Waals surface area contributed by atoms with Gasteiger partial charge in [0.1, 0.15) is 5.82 Å². The van der Waals surface area contributed by atoms with Crippen LogP contribution in [0, 0.1) is 0 Å². The number of para-hydroxylation sites is 1. The van der Waals surface area contributed by atoms with E-state index in [0.717, 1.165) is 31.7 Å². The molecule has 0 atom stereocenters. The second-order valence-corrected chi connectivity index (χ2v) is 5.39. The van der Waals surface area contributed by atoms with E-state index in [1.54, 1.807) is 24.4 Å². The lowest BCUT2D eigenvalue weighted by molar-refractivity contribution is 0.0602. The monoisotopic (exact) mass is 328 g/mol. The predicted molar refractivity (Wildman–Crippen MR) is 95.9 cm³/mol. The van der Waals surface area contributed by atoms with Crippen molar-refractivity contribution in [2.75, 3.05) is 30.4 Å². The molecule has 0 saturated heterocycles. The van der Waals surface area contributed by atoms with Gasteiger partial charge in [0, 0.05) is 19.3 Å². The zero-order valence-electron chi connectivity index (χ0n) is 14.5. The predicted octanol–water partition coefficient (Wildman–Crippen LogP) is 3.63. The van der Waals surface area contributed by atoms with Crippen LogP contribution in [0.3, 0.4) is 0 Å². The van der Waals surface area contributed by atoms with Crippen LogP contribution in [0.2, 0.25) is 0 Å². The van der Waals surface area contributed by atoms with Crippen LogP contribution < -0.4 is 10.2 Å². The molecule has 0 bridgehead atoms. The number of aromatic nitrogens is 2. The molecule has 2 aromatic rings. The number of carbonyl (C=O) groups excluding carboxylic acids is 1. The molecule has 0 aliphatic rings. The first kappa shape index (κ1) is 17.7. The van der Waals surface area contributed by atoms with Gasteiger partial charge in [-0.3, -0.25) is 0 Å². The SMILES string of the molecule is CCCN(CCC)c1ccnc(Nc2ccccc2C(=O)OC)n1. The van der Waals surface area contributed by atoms with Gasteiger partial charge in [0.25, 0.3) is 0 Å². The molecule has 2 rings (SSSR count). The summed E-state index contributed by atoms with van der Waals surface area (Å²) < 4.78 is 4.81. The second kappa shape index (κ2) is 8.86. The van der Waals surface area contributed by atoms with Gasteiger partial charge < -0.3 is 15.0 Å². The largest absolute Gasteiger partial charge is 0.465 e. The van der Waals surface area contributed by atoms with Gasteiger partial charge in [0.15, 0.2) is 0 Å². The van der Waals surface area contributed by atoms with Crippen LogP contribution in [-0.4, -0.2) is 36.1 Å². The number of anilines is 3. The number of ether oxygens (including phenoxy) is 1. The van der Waals surface area contributed by atoms with E-state index >= 15 is 0 Å². The molecule has 0 aliphatic heterocycles. The second-order valence-electron chi connectivity index (χ2n) is 5.39. The minimum atomic E-state index is -0.396. The minimum Gasteiger partial charge on any atom is -0.465 e. The summed E-state index contributed by atoms with van der Waals surface area (Å²) in [6.07, 6.45) is 3.83. The van der Waals surface area contributed by atoms with E-state index in [2.05, 4.69) is 34.0 Å². The van der Waals surface area contributed by atoms with E-state index < -0.39 is 5.97 Å². The van der Waals surface area contributed by atoms with E-state index in [1.807, 2.05) is 12.1 Å². The zero-order valence-corrected chi connectivity index (χ0v) is 14.5. The molecule has 0 amide bonds.